The fraction of sp³-hybridized carbons (Fsp3) is 0.364. The van der Waals surface area contributed by atoms with Gasteiger partial charge in [0.05, 0.1) is 7.11 Å². The van der Waals surface area contributed by atoms with Crippen LogP contribution in [0.15, 0.2) is 24.3 Å². The third kappa shape index (κ3) is 3.52. The molecule has 88 valence electrons. The van der Waals surface area contributed by atoms with Crippen LogP contribution in [0.4, 0.5) is 0 Å². The van der Waals surface area contributed by atoms with Crippen molar-refractivity contribution >= 4 is 5.91 Å². The molecule has 1 amide bonds. The third-order valence-corrected chi connectivity index (χ3v) is 2.17. The van der Waals surface area contributed by atoms with Gasteiger partial charge in [0.25, 0.3) is 0 Å². The first-order valence-electron chi connectivity index (χ1n) is 4.95. The van der Waals surface area contributed by atoms with Gasteiger partial charge >= 0.3 is 0 Å². The van der Waals surface area contributed by atoms with Gasteiger partial charge < -0.3 is 20.9 Å². The lowest BCUT2D eigenvalue weighted by Gasteiger charge is -2.11. The van der Waals surface area contributed by atoms with E-state index in [0.717, 1.165) is 11.3 Å². The average molecular weight is 224 g/mol. The number of benzene rings is 1. The second-order valence-electron chi connectivity index (χ2n) is 3.36. The first-order valence-corrected chi connectivity index (χ1v) is 4.95. The zero-order valence-corrected chi connectivity index (χ0v) is 9.14. The third-order valence-electron chi connectivity index (χ3n) is 2.17. The summed E-state index contributed by atoms with van der Waals surface area (Å²) in [5, 5.41) is 12.1. The predicted octanol–water partition coefficient (Wildman–Crippen LogP) is -0.369. The van der Waals surface area contributed by atoms with Gasteiger partial charge in [0.2, 0.25) is 5.91 Å². The fourth-order valence-electron chi connectivity index (χ4n) is 1.29. The van der Waals surface area contributed by atoms with Crippen molar-refractivity contribution in [1.29, 1.82) is 0 Å². The number of rotatable bonds is 6. The van der Waals surface area contributed by atoms with Gasteiger partial charge in [-0.3, -0.25) is 4.79 Å². The number of nitrogens with one attached hydrogen (secondary N) is 1. The molecule has 5 heteroatoms. The Kier molecular flexibility index (Phi) is 4.75. The zero-order chi connectivity index (χ0) is 12.0. The number of primary amides is 1. The fourth-order valence-corrected chi connectivity index (χ4v) is 1.29. The van der Waals surface area contributed by atoms with Crippen LogP contribution in [0.3, 0.4) is 0 Å². The number of aliphatic hydroxyl groups excluding tert-OH is 1. The van der Waals surface area contributed by atoms with Crippen LogP contribution in [0.2, 0.25) is 0 Å². The molecule has 16 heavy (non-hydrogen) atoms. The molecule has 1 aromatic rings. The molecule has 4 N–H and O–H groups in total. The highest BCUT2D eigenvalue weighted by atomic mass is 16.5. The van der Waals surface area contributed by atoms with E-state index in [9.17, 15) is 4.79 Å². The minimum Gasteiger partial charge on any atom is -0.496 e. The van der Waals surface area contributed by atoms with E-state index in [0.29, 0.717) is 6.54 Å². The van der Waals surface area contributed by atoms with Gasteiger partial charge in [-0.25, -0.2) is 0 Å². The highest BCUT2D eigenvalue weighted by molar-refractivity contribution is 5.78. The van der Waals surface area contributed by atoms with E-state index in [4.69, 9.17) is 15.6 Å². The van der Waals surface area contributed by atoms with Gasteiger partial charge in [-0.2, -0.15) is 0 Å². The second-order valence-corrected chi connectivity index (χ2v) is 3.36. The van der Waals surface area contributed by atoms with E-state index >= 15 is 0 Å². The van der Waals surface area contributed by atoms with Crippen molar-refractivity contribution in [2.24, 2.45) is 5.73 Å². The zero-order valence-electron chi connectivity index (χ0n) is 9.14. The summed E-state index contributed by atoms with van der Waals surface area (Å²) in [5.41, 5.74) is 5.88. The number of hydrogen-bond donors (Lipinski definition) is 3. The van der Waals surface area contributed by atoms with Gasteiger partial charge in [-0.05, 0) is 6.07 Å². The normalized spacial score (nSPS) is 12.1. The lowest BCUT2D eigenvalue weighted by Crippen LogP contribution is -2.37. The molecule has 5 nitrogen and oxygen atoms in total. The molecule has 0 bridgehead atoms. The lowest BCUT2D eigenvalue weighted by molar-refractivity contribution is -0.125. The van der Waals surface area contributed by atoms with Crippen LogP contribution in [0.1, 0.15) is 5.56 Å². The van der Waals surface area contributed by atoms with Crippen LogP contribution < -0.4 is 15.8 Å². The molecule has 0 heterocycles. The Labute approximate surface area is 94.2 Å². The Bertz CT molecular complexity index is 355. The minimum absolute atomic E-state index is 0.132. The Morgan fingerprint density at radius 1 is 1.56 bits per heavy atom. The summed E-state index contributed by atoms with van der Waals surface area (Å²) in [4.78, 5) is 10.6. The quantitative estimate of drug-likeness (QED) is 0.615. The first kappa shape index (κ1) is 12.5. The molecule has 0 aliphatic carbocycles. The van der Waals surface area contributed by atoms with Gasteiger partial charge in [-0.1, -0.05) is 18.2 Å². The standard InChI is InChI=1S/C11H16N2O3/c1-16-10-5-3-2-4-8(10)6-13-7-9(14)11(12)15/h2-5,9,13-14H,6-7H2,1H3,(H2,12,15). The highest BCUT2D eigenvalue weighted by Crippen LogP contribution is 2.16. The van der Waals surface area contributed by atoms with Crippen molar-refractivity contribution in [3.63, 3.8) is 0 Å². The van der Waals surface area contributed by atoms with E-state index in [1.54, 1.807) is 7.11 Å². The van der Waals surface area contributed by atoms with Crippen molar-refractivity contribution in [3.8, 4) is 5.75 Å². The number of methoxy groups -OCH3 is 1. The number of carbonyl (C=O) groups excluding carboxylic acids is 1. The van der Waals surface area contributed by atoms with Gasteiger partial charge in [0.15, 0.2) is 0 Å². The summed E-state index contributed by atoms with van der Waals surface area (Å²) in [6, 6.07) is 7.52. The van der Waals surface area contributed by atoms with E-state index in [1.165, 1.54) is 0 Å². The SMILES string of the molecule is COc1ccccc1CNCC(O)C(N)=O. The maximum atomic E-state index is 10.6. The van der Waals surface area contributed by atoms with Crippen molar-refractivity contribution in [1.82, 2.24) is 5.32 Å². The molecule has 1 rings (SSSR count). The molecule has 1 unspecified atom stereocenters. The van der Waals surface area contributed by atoms with Crippen molar-refractivity contribution < 1.29 is 14.6 Å². The molecular weight excluding hydrogens is 208 g/mol. The number of nitrogens with two attached hydrogens (primary N) is 1. The minimum atomic E-state index is -1.16. The van der Waals surface area contributed by atoms with E-state index < -0.39 is 12.0 Å². The Morgan fingerprint density at radius 2 is 2.25 bits per heavy atom. The van der Waals surface area contributed by atoms with E-state index in [-0.39, 0.29) is 6.54 Å². The summed E-state index contributed by atoms with van der Waals surface area (Å²) in [6.45, 7) is 0.641. The monoisotopic (exact) mass is 224 g/mol. The number of amides is 1. The van der Waals surface area contributed by atoms with Crippen LogP contribution >= 0.6 is 0 Å². The summed E-state index contributed by atoms with van der Waals surface area (Å²) in [6.07, 6.45) is -1.16. The molecule has 1 aromatic carbocycles. The molecule has 0 aliphatic heterocycles. The molecule has 1 atom stereocenters. The molecule has 0 saturated carbocycles. The number of aliphatic hydroxyl groups is 1. The van der Waals surface area contributed by atoms with Crippen LogP contribution in [0, 0.1) is 0 Å². The average Bonchev–Trinajstić information content (AvgIpc) is 2.29. The number of carbonyl (C=O) groups is 1. The molecule has 0 saturated heterocycles. The number of para-hydroxylation sites is 1. The number of ether oxygens (including phenoxy) is 1. The maximum absolute atomic E-state index is 10.6. The first-order chi connectivity index (χ1) is 7.65. The Hall–Kier alpha value is -1.59. The predicted molar refractivity (Wildman–Crippen MR) is 59.9 cm³/mol. The molecule has 0 aliphatic rings. The summed E-state index contributed by atoms with van der Waals surface area (Å²) >= 11 is 0. The Morgan fingerprint density at radius 3 is 2.88 bits per heavy atom. The highest BCUT2D eigenvalue weighted by Gasteiger charge is 2.10. The van der Waals surface area contributed by atoms with E-state index in [1.807, 2.05) is 24.3 Å². The van der Waals surface area contributed by atoms with E-state index in [2.05, 4.69) is 5.32 Å². The molecular formula is C11H16N2O3. The number of hydrogen-bond acceptors (Lipinski definition) is 4. The molecule has 0 aromatic heterocycles. The van der Waals surface area contributed by atoms with Gasteiger partial charge in [0.1, 0.15) is 11.9 Å². The van der Waals surface area contributed by atoms with Gasteiger partial charge in [-0.15, -0.1) is 0 Å². The lowest BCUT2D eigenvalue weighted by atomic mass is 10.2. The smallest absolute Gasteiger partial charge is 0.247 e. The van der Waals surface area contributed by atoms with Crippen molar-refractivity contribution in [2.75, 3.05) is 13.7 Å². The van der Waals surface area contributed by atoms with Crippen LogP contribution in [0.25, 0.3) is 0 Å². The topological polar surface area (TPSA) is 84.6 Å². The van der Waals surface area contributed by atoms with Gasteiger partial charge in [0, 0.05) is 18.7 Å². The largest absolute Gasteiger partial charge is 0.496 e. The second kappa shape index (κ2) is 6.09. The van der Waals surface area contributed by atoms with Crippen LogP contribution in [-0.2, 0) is 11.3 Å². The van der Waals surface area contributed by atoms with Crippen LogP contribution in [-0.4, -0.2) is 30.8 Å². The van der Waals surface area contributed by atoms with Crippen molar-refractivity contribution in [2.45, 2.75) is 12.6 Å². The Balaban J connectivity index is 2.45. The summed E-state index contributed by atoms with van der Waals surface area (Å²) < 4.78 is 5.16. The van der Waals surface area contributed by atoms with Crippen LogP contribution in [0.5, 0.6) is 5.75 Å². The summed E-state index contributed by atoms with van der Waals surface area (Å²) in [5.74, 6) is 0.0380. The summed E-state index contributed by atoms with van der Waals surface area (Å²) in [7, 11) is 1.59. The molecule has 0 radical (unpaired) electrons. The maximum Gasteiger partial charge on any atom is 0.247 e. The molecule has 0 fully saturated rings. The van der Waals surface area contributed by atoms with Crippen molar-refractivity contribution in [3.05, 3.63) is 29.8 Å². The molecule has 0 spiro atoms.